The molecule has 0 bridgehead atoms. The molecule has 1 heterocycles. The number of ether oxygens (including phenoxy) is 1. The topological polar surface area (TPSA) is 64.4 Å². The monoisotopic (exact) mass is 376 g/mol. The number of nitrogens with one attached hydrogen (secondary N) is 1. The maximum absolute atomic E-state index is 12.3. The predicted molar refractivity (Wildman–Crippen MR) is 97.5 cm³/mol. The largest absolute Gasteiger partial charge is 0.417 e. The second kappa shape index (κ2) is 7.17. The third kappa shape index (κ3) is 3.62. The van der Waals surface area contributed by atoms with Crippen molar-refractivity contribution in [1.29, 1.82) is 0 Å². The maximum Gasteiger partial charge on any atom is 0.417 e. The van der Waals surface area contributed by atoms with Crippen LogP contribution >= 0.6 is 23.2 Å². The summed E-state index contributed by atoms with van der Waals surface area (Å²) in [5.41, 5.74) is 2.28. The molecule has 0 atom stereocenters. The molecule has 0 radical (unpaired) electrons. The van der Waals surface area contributed by atoms with E-state index in [1.54, 1.807) is 50.2 Å². The van der Waals surface area contributed by atoms with E-state index >= 15 is 0 Å². The average molecular weight is 377 g/mol. The number of benzene rings is 2. The first kappa shape index (κ1) is 17.3. The van der Waals surface area contributed by atoms with Gasteiger partial charge in [-0.3, -0.25) is 5.32 Å². The second-order valence-corrected chi connectivity index (χ2v) is 6.14. The molecule has 7 heteroatoms. The van der Waals surface area contributed by atoms with Crippen LogP contribution < -0.4 is 10.1 Å². The van der Waals surface area contributed by atoms with Crippen molar-refractivity contribution in [3.63, 3.8) is 0 Å². The Morgan fingerprint density at radius 2 is 1.80 bits per heavy atom. The highest BCUT2D eigenvalue weighted by molar-refractivity contribution is 6.33. The van der Waals surface area contributed by atoms with Gasteiger partial charge in [-0.25, -0.2) is 4.79 Å². The van der Waals surface area contributed by atoms with Gasteiger partial charge in [0.15, 0.2) is 11.5 Å². The Hall–Kier alpha value is -2.50. The van der Waals surface area contributed by atoms with E-state index in [2.05, 4.69) is 10.5 Å². The molecular weight excluding hydrogens is 363 g/mol. The highest BCUT2D eigenvalue weighted by Crippen LogP contribution is 2.36. The van der Waals surface area contributed by atoms with E-state index in [0.29, 0.717) is 32.8 Å². The first-order chi connectivity index (χ1) is 12.0. The van der Waals surface area contributed by atoms with E-state index in [1.807, 2.05) is 6.07 Å². The van der Waals surface area contributed by atoms with Gasteiger partial charge in [0.2, 0.25) is 5.75 Å². The van der Waals surface area contributed by atoms with Crippen LogP contribution in [0.4, 0.5) is 10.5 Å². The molecule has 2 aromatic carbocycles. The van der Waals surface area contributed by atoms with Gasteiger partial charge in [0, 0.05) is 23.2 Å². The van der Waals surface area contributed by atoms with Gasteiger partial charge in [-0.05, 0) is 30.7 Å². The zero-order valence-electron chi connectivity index (χ0n) is 13.5. The number of hydrogen-bond donors (Lipinski definition) is 1. The van der Waals surface area contributed by atoms with E-state index in [9.17, 15) is 4.79 Å². The highest BCUT2D eigenvalue weighted by atomic mass is 35.5. The molecule has 0 aliphatic rings. The molecule has 25 heavy (non-hydrogen) atoms. The zero-order valence-corrected chi connectivity index (χ0v) is 15.0. The van der Waals surface area contributed by atoms with E-state index < -0.39 is 6.09 Å². The first-order valence-electron chi connectivity index (χ1n) is 7.42. The number of anilines is 1. The van der Waals surface area contributed by atoms with Crippen LogP contribution in [-0.2, 0) is 0 Å². The number of carbonyl (C=O) groups is 1. The summed E-state index contributed by atoms with van der Waals surface area (Å²) < 4.78 is 10.6. The standard InChI is InChI=1S/C18H14Cl2N2O3/c1-10-13(19)8-5-9-15(10)21-18(23)24-17-11(2)25-22-16(17)12-6-3-4-7-14(12)20/h3-9H,1-2H3,(H,21,23). The van der Waals surface area contributed by atoms with E-state index in [-0.39, 0.29) is 5.75 Å². The van der Waals surface area contributed by atoms with Gasteiger partial charge >= 0.3 is 6.09 Å². The van der Waals surface area contributed by atoms with Gasteiger partial charge in [-0.2, -0.15) is 0 Å². The summed E-state index contributed by atoms with van der Waals surface area (Å²) in [5.74, 6) is 0.582. The number of aromatic nitrogens is 1. The summed E-state index contributed by atoms with van der Waals surface area (Å²) in [6, 6.07) is 12.3. The van der Waals surface area contributed by atoms with Crippen molar-refractivity contribution in [2.45, 2.75) is 13.8 Å². The van der Waals surface area contributed by atoms with E-state index in [1.165, 1.54) is 0 Å². The molecule has 0 fully saturated rings. The lowest BCUT2D eigenvalue weighted by Crippen LogP contribution is -2.18. The van der Waals surface area contributed by atoms with Gasteiger partial charge in [0.05, 0.1) is 5.02 Å². The number of carbonyl (C=O) groups excluding carboxylic acids is 1. The van der Waals surface area contributed by atoms with Gasteiger partial charge < -0.3 is 9.26 Å². The molecule has 3 rings (SSSR count). The Labute approximate surface area is 154 Å². The highest BCUT2D eigenvalue weighted by Gasteiger charge is 2.21. The van der Waals surface area contributed by atoms with Crippen LogP contribution in [0.1, 0.15) is 11.3 Å². The molecular formula is C18H14Cl2N2O3. The van der Waals surface area contributed by atoms with Crippen molar-refractivity contribution in [3.05, 3.63) is 63.8 Å². The van der Waals surface area contributed by atoms with Crippen molar-refractivity contribution >= 4 is 35.0 Å². The average Bonchev–Trinajstić information content (AvgIpc) is 2.93. The molecule has 3 aromatic rings. The number of amides is 1. The molecule has 0 aliphatic carbocycles. The third-order valence-electron chi connectivity index (χ3n) is 3.64. The smallest absolute Gasteiger partial charge is 0.404 e. The lowest BCUT2D eigenvalue weighted by molar-refractivity contribution is 0.214. The van der Waals surface area contributed by atoms with Crippen LogP contribution in [-0.4, -0.2) is 11.2 Å². The normalized spacial score (nSPS) is 10.6. The van der Waals surface area contributed by atoms with Crippen LogP contribution in [0.25, 0.3) is 11.3 Å². The lowest BCUT2D eigenvalue weighted by Gasteiger charge is -2.10. The molecule has 1 aromatic heterocycles. The molecule has 1 amide bonds. The Morgan fingerprint density at radius 3 is 2.56 bits per heavy atom. The summed E-state index contributed by atoms with van der Waals surface area (Å²) in [7, 11) is 0. The van der Waals surface area contributed by atoms with Crippen LogP contribution in [0.2, 0.25) is 10.0 Å². The second-order valence-electron chi connectivity index (χ2n) is 5.32. The van der Waals surface area contributed by atoms with Crippen molar-refractivity contribution in [1.82, 2.24) is 5.16 Å². The fraction of sp³-hybridized carbons (Fsp3) is 0.111. The molecule has 0 unspecified atom stereocenters. The predicted octanol–water partition coefficient (Wildman–Crippen LogP) is 5.88. The van der Waals surface area contributed by atoms with Gasteiger partial charge in [-0.15, -0.1) is 0 Å². The Morgan fingerprint density at radius 1 is 1.08 bits per heavy atom. The molecule has 0 aliphatic heterocycles. The summed E-state index contributed by atoms with van der Waals surface area (Å²) in [6.45, 7) is 3.46. The minimum absolute atomic E-state index is 0.213. The van der Waals surface area contributed by atoms with Crippen molar-refractivity contribution < 1.29 is 14.1 Å². The van der Waals surface area contributed by atoms with Crippen LogP contribution in [0.15, 0.2) is 47.0 Å². The van der Waals surface area contributed by atoms with Crippen molar-refractivity contribution in [2.75, 3.05) is 5.32 Å². The minimum Gasteiger partial charge on any atom is -0.404 e. The number of nitrogens with zero attached hydrogens (tertiary/aromatic N) is 1. The fourth-order valence-electron chi connectivity index (χ4n) is 2.28. The van der Waals surface area contributed by atoms with Crippen molar-refractivity contribution in [2.24, 2.45) is 0 Å². The van der Waals surface area contributed by atoms with Gasteiger partial charge in [0.1, 0.15) is 0 Å². The van der Waals surface area contributed by atoms with Gasteiger partial charge in [0.25, 0.3) is 0 Å². The Kier molecular flexibility index (Phi) is 4.97. The lowest BCUT2D eigenvalue weighted by atomic mass is 10.1. The Bertz CT molecular complexity index is 938. The molecule has 1 N–H and O–H groups in total. The number of aryl methyl sites for hydroxylation is 1. The minimum atomic E-state index is -0.676. The van der Waals surface area contributed by atoms with Crippen LogP contribution in [0.5, 0.6) is 5.75 Å². The third-order valence-corrected chi connectivity index (χ3v) is 4.38. The molecule has 0 saturated carbocycles. The SMILES string of the molecule is Cc1onc(-c2ccccc2Cl)c1OC(=O)Nc1cccc(Cl)c1C. The molecule has 128 valence electrons. The summed E-state index contributed by atoms with van der Waals surface area (Å²) in [4.78, 5) is 12.3. The van der Waals surface area contributed by atoms with E-state index in [4.69, 9.17) is 32.5 Å². The Balaban J connectivity index is 1.86. The van der Waals surface area contributed by atoms with Gasteiger partial charge in [-0.1, -0.05) is 52.6 Å². The molecule has 5 nitrogen and oxygen atoms in total. The quantitative estimate of drug-likeness (QED) is 0.619. The molecule has 0 spiro atoms. The number of halogens is 2. The first-order valence-corrected chi connectivity index (χ1v) is 8.18. The summed E-state index contributed by atoms with van der Waals surface area (Å²) in [5, 5.41) is 7.64. The van der Waals surface area contributed by atoms with Crippen LogP contribution in [0, 0.1) is 13.8 Å². The summed E-state index contributed by atoms with van der Waals surface area (Å²) in [6.07, 6.45) is -0.676. The fourth-order valence-corrected chi connectivity index (χ4v) is 2.68. The number of hydrogen-bond acceptors (Lipinski definition) is 4. The van der Waals surface area contributed by atoms with Crippen molar-refractivity contribution in [3.8, 4) is 17.0 Å². The van der Waals surface area contributed by atoms with E-state index in [0.717, 1.165) is 5.56 Å². The van der Waals surface area contributed by atoms with Crippen LogP contribution in [0.3, 0.4) is 0 Å². The molecule has 0 saturated heterocycles. The maximum atomic E-state index is 12.3. The number of rotatable bonds is 3. The summed E-state index contributed by atoms with van der Waals surface area (Å²) >= 11 is 12.2. The zero-order chi connectivity index (χ0) is 18.0.